The lowest BCUT2D eigenvalue weighted by Crippen LogP contribution is -2.15. The van der Waals surface area contributed by atoms with Crippen LogP contribution in [0.25, 0.3) is 0 Å². The predicted octanol–water partition coefficient (Wildman–Crippen LogP) is 2.95. The Morgan fingerprint density at radius 3 is 2.50 bits per heavy atom. The van der Waals surface area contributed by atoms with Crippen LogP contribution in [0.5, 0.6) is 0 Å². The lowest BCUT2D eigenvalue weighted by atomic mass is 10.2. The number of aromatic nitrogens is 1. The fourth-order valence-corrected chi connectivity index (χ4v) is 3.11. The highest BCUT2D eigenvalue weighted by molar-refractivity contribution is 9.10. The van der Waals surface area contributed by atoms with E-state index >= 15 is 0 Å². The van der Waals surface area contributed by atoms with Crippen molar-refractivity contribution in [1.29, 1.82) is 0 Å². The molecule has 18 heavy (non-hydrogen) atoms. The van der Waals surface area contributed by atoms with E-state index in [1.54, 1.807) is 49.4 Å². The topological polar surface area (TPSA) is 59.1 Å². The molecule has 0 aliphatic rings. The number of pyridine rings is 1. The SMILES string of the molecule is Cc1ccccc1S(=O)(=O)Nc1cccc(Br)n1. The Hall–Kier alpha value is -1.40. The molecule has 1 heterocycles. The minimum absolute atomic E-state index is 0.256. The molecule has 6 heteroatoms. The normalized spacial score (nSPS) is 11.2. The summed E-state index contributed by atoms with van der Waals surface area (Å²) in [6.07, 6.45) is 0. The lowest BCUT2D eigenvalue weighted by molar-refractivity contribution is 0.600. The van der Waals surface area contributed by atoms with Crippen LogP contribution in [0.3, 0.4) is 0 Å². The zero-order chi connectivity index (χ0) is 13.2. The van der Waals surface area contributed by atoms with Crippen LogP contribution >= 0.6 is 15.9 Å². The number of rotatable bonds is 3. The van der Waals surface area contributed by atoms with Gasteiger partial charge in [-0.2, -0.15) is 0 Å². The third kappa shape index (κ3) is 2.88. The van der Waals surface area contributed by atoms with Gasteiger partial charge in [-0.05, 0) is 46.6 Å². The van der Waals surface area contributed by atoms with Gasteiger partial charge < -0.3 is 0 Å². The summed E-state index contributed by atoms with van der Waals surface area (Å²) in [5, 5.41) is 0. The molecule has 0 saturated heterocycles. The molecule has 1 aromatic carbocycles. The van der Waals surface area contributed by atoms with Crippen molar-refractivity contribution in [1.82, 2.24) is 4.98 Å². The molecular formula is C12H11BrN2O2S. The van der Waals surface area contributed by atoms with Gasteiger partial charge in [0.25, 0.3) is 10.0 Å². The summed E-state index contributed by atoms with van der Waals surface area (Å²) < 4.78 is 27.4. The number of aryl methyl sites for hydroxylation is 1. The summed E-state index contributed by atoms with van der Waals surface area (Å²) in [6.45, 7) is 1.75. The van der Waals surface area contributed by atoms with Gasteiger partial charge in [-0.25, -0.2) is 13.4 Å². The van der Waals surface area contributed by atoms with Gasteiger partial charge in [0.2, 0.25) is 0 Å². The molecule has 0 fully saturated rings. The summed E-state index contributed by atoms with van der Waals surface area (Å²) in [4.78, 5) is 4.30. The monoisotopic (exact) mass is 326 g/mol. The fourth-order valence-electron chi connectivity index (χ4n) is 1.52. The zero-order valence-corrected chi connectivity index (χ0v) is 12.0. The summed E-state index contributed by atoms with van der Waals surface area (Å²) in [6, 6.07) is 11.8. The molecule has 0 aliphatic carbocycles. The standard InChI is InChI=1S/C12H11BrN2O2S/c1-9-5-2-3-6-10(9)18(16,17)15-12-8-4-7-11(13)14-12/h2-8H,1H3,(H,14,15). The number of halogens is 1. The van der Waals surface area contributed by atoms with Crippen LogP contribution < -0.4 is 4.72 Å². The van der Waals surface area contributed by atoms with Crippen molar-refractivity contribution in [2.24, 2.45) is 0 Å². The largest absolute Gasteiger partial charge is 0.263 e. The molecule has 0 spiro atoms. The van der Waals surface area contributed by atoms with E-state index in [1.807, 2.05) is 0 Å². The Morgan fingerprint density at radius 1 is 1.11 bits per heavy atom. The van der Waals surface area contributed by atoms with Crippen molar-refractivity contribution in [3.8, 4) is 0 Å². The molecule has 0 bridgehead atoms. The highest BCUT2D eigenvalue weighted by atomic mass is 79.9. The second kappa shape index (κ2) is 5.07. The highest BCUT2D eigenvalue weighted by Crippen LogP contribution is 2.18. The van der Waals surface area contributed by atoms with E-state index in [9.17, 15) is 8.42 Å². The Labute approximate surface area is 114 Å². The fraction of sp³-hybridized carbons (Fsp3) is 0.0833. The molecule has 0 radical (unpaired) electrons. The average molecular weight is 327 g/mol. The van der Waals surface area contributed by atoms with E-state index in [0.717, 1.165) is 0 Å². The van der Waals surface area contributed by atoms with Gasteiger partial charge in [-0.15, -0.1) is 0 Å². The molecule has 0 amide bonds. The summed E-state index contributed by atoms with van der Waals surface area (Å²) >= 11 is 3.19. The first-order valence-electron chi connectivity index (χ1n) is 5.20. The maximum absolute atomic E-state index is 12.2. The van der Waals surface area contributed by atoms with Crippen LogP contribution in [0.2, 0.25) is 0 Å². The van der Waals surface area contributed by atoms with Crippen molar-refractivity contribution in [3.05, 3.63) is 52.6 Å². The van der Waals surface area contributed by atoms with Crippen molar-refractivity contribution in [2.45, 2.75) is 11.8 Å². The Bertz CT molecular complexity index is 671. The zero-order valence-electron chi connectivity index (χ0n) is 9.59. The van der Waals surface area contributed by atoms with Crippen molar-refractivity contribution < 1.29 is 8.42 Å². The third-order valence-corrected chi connectivity index (χ3v) is 4.29. The van der Waals surface area contributed by atoms with Gasteiger partial charge in [-0.1, -0.05) is 24.3 Å². The van der Waals surface area contributed by atoms with Crippen LogP contribution in [0.4, 0.5) is 5.82 Å². The van der Waals surface area contributed by atoms with Crippen LogP contribution in [0.15, 0.2) is 52.0 Å². The number of sulfonamides is 1. The van der Waals surface area contributed by atoms with Crippen LogP contribution in [0.1, 0.15) is 5.56 Å². The van der Waals surface area contributed by atoms with E-state index in [-0.39, 0.29) is 10.7 Å². The van der Waals surface area contributed by atoms with Crippen molar-refractivity contribution >= 4 is 31.8 Å². The first-order valence-corrected chi connectivity index (χ1v) is 7.48. The van der Waals surface area contributed by atoms with Crippen molar-refractivity contribution in [3.63, 3.8) is 0 Å². The smallest absolute Gasteiger partial charge is 0.263 e. The Morgan fingerprint density at radius 2 is 1.83 bits per heavy atom. The molecule has 4 nitrogen and oxygen atoms in total. The quantitative estimate of drug-likeness (QED) is 0.882. The lowest BCUT2D eigenvalue weighted by Gasteiger charge is -2.09. The van der Waals surface area contributed by atoms with Gasteiger partial charge in [0, 0.05) is 0 Å². The Kier molecular flexibility index (Phi) is 3.68. The van der Waals surface area contributed by atoms with Crippen LogP contribution in [-0.2, 0) is 10.0 Å². The van der Waals surface area contributed by atoms with Crippen LogP contribution in [0, 0.1) is 6.92 Å². The van der Waals surface area contributed by atoms with Crippen molar-refractivity contribution in [2.75, 3.05) is 4.72 Å². The molecule has 2 aromatic rings. The second-order valence-electron chi connectivity index (χ2n) is 3.72. The minimum atomic E-state index is -3.59. The molecule has 0 unspecified atom stereocenters. The number of nitrogens with zero attached hydrogens (tertiary/aromatic N) is 1. The molecule has 1 aromatic heterocycles. The van der Waals surface area contributed by atoms with Crippen LogP contribution in [-0.4, -0.2) is 13.4 Å². The molecule has 0 saturated carbocycles. The first kappa shape index (κ1) is 13.0. The number of hydrogen-bond donors (Lipinski definition) is 1. The molecule has 94 valence electrons. The number of benzene rings is 1. The molecular weight excluding hydrogens is 316 g/mol. The first-order chi connectivity index (χ1) is 8.49. The van der Waals surface area contributed by atoms with Gasteiger partial charge in [0.15, 0.2) is 0 Å². The van der Waals surface area contributed by atoms with Gasteiger partial charge >= 0.3 is 0 Å². The number of anilines is 1. The second-order valence-corrected chi connectivity index (χ2v) is 6.18. The number of hydrogen-bond acceptors (Lipinski definition) is 3. The summed E-state index contributed by atoms with van der Waals surface area (Å²) in [5.41, 5.74) is 0.694. The predicted molar refractivity (Wildman–Crippen MR) is 73.9 cm³/mol. The van der Waals surface area contributed by atoms with Gasteiger partial charge in [-0.3, -0.25) is 4.72 Å². The molecule has 0 atom stereocenters. The maximum Gasteiger partial charge on any atom is 0.263 e. The highest BCUT2D eigenvalue weighted by Gasteiger charge is 2.16. The van der Waals surface area contributed by atoms with E-state index in [0.29, 0.717) is 10.2 Å². The molecule has 2 rings (SSSR count). The van der Waals surface area contributed by atoms with E-state index < -0.39 is 10.0 Å². The summed E-state index contributed by atoms with van der Waals surface area (Å²) in [5.74, 6) is 0.285. The van der Waals surface area contributed by atoms with Gasteiger partial charge in [0.05, 0.1) is 4.90 Å². The van der Waals surface area contributed by atoms with E-state index in [4.69, 9.17) is 0 Å². The van der Waals surface area contributed by atoms with E-state index in [1.165, 1.54) is 0 Å². The minimum Gasteiger partial charge on any atom is -0.263 e. The van der Waals surface area contributed by atoms with E-state index in [2.05, 4.69) is 25.6 Å². The maximum atomic E-state index is 12.2. The molecule has 1 N–H and O–H groups in total. The summed E-state index contributed by atoms with van der Waals surface area (Å²) in [7, 11) is -3.59. The third-order valence-electron chi connectivity index (χ3n) is 2.34. The van der Waals surface area contributed by atoms with Gasteiger partial charge in [0.1, 0.15) is 10.4 Å². The molecule has 0 aliphatic heterocycles. The Balaban J connectivity index is 2.37. The number of nitrogens with one attached hydrogen (secondary N) is 1. The average Bonchev–Trinajstić information content (AvgIpc) is 2.28.